The number of nitrogens with two attached hydrogens (primary N) is 1. The monoisotopic (exact) mass is 265 g/mol. The van der Waals surface area contributed by atoms with Crippen molar-refractivity contribution in [1.82, 2.24) is 14.8 Å². The molecule has 0 aliphatic rings. The Labute approximate surface area is 109 Å². The van der Waals surface area contributed by atoms with Gasteiger partial charge in [0.2, 0.25) is 5.96 Å². The fourth-order valence-corrected chi connectivity index (χ4v) is 1.53. The summed E-state index contributed by atoms with van der Waals surface area (Å²) in [5.74, 6) is -0.179. The third-order valence-electron chi connectivity index (χ3n) is 2.31. The maximum atomic E-state index is 9.78. The van der Waals surface area contributed by atoms with Crippen LogP contribution in [0, 0.1) is 5.41 Å². The van der Waals surface area contributed by atoms with E-state index in [1.807, 2.05) is 0 Å². The largest absolute Gasteiger partial charge is 0.396 e. The first-order valence-corrected chi connectivity index (χ1v) is 5.54. The van der Waals surface area contributed by atoms with E-state index in [9.17, 15) is 5.21 Å². The summed E-state index contributed by atoms with van der Waals surface area (Å²) in [5.41, 5.74) is 6.75. The lowest BCUT2D eigenvalue weighted by Crippen LogP contribution is -2.32. The molecule has 1 aromatic heterocycles. The van der Waals surface area contributed by atoms with Crippen LogP contribution in [0.1, 0.15) is 5.56 Å². The van der Waals surface area contributed by atoms with Gasteiger partial charge in [-0.05, 0) is 17.7 Å². The number of hydroxylamine groups is 2. The van der Waals surface area contributed by atoms with Crippen LogP contribution >= 0.6 is 11.6 Å². The van der Waals surface area contributed by atoms with Crippen molar-refractivity contribution in [3.63, 3.8) is 0 Å². The van der Waals surface area contributed by atoms with E-state index in [4.69, 9.17) is 22.7 Å². The highest BCUT2D eigenvalue weighted by Gasteiger charge is 2.10. The molecule has 0 spiro atoms. The van der Waals surface area contributed by atoms with Gasteiger partial charge in [0.25, 0.3) is 0 Å². The van der Waals surface area contributed by atoms with Gasteiger partial charge >= 0.3 is 0 Å². The number of aromatic nitrogens is 2. The van der Waals surface area contributed by atoms with E-state index in [-0.39, 0.29) is 12.5 Å². The number of halogens is 1. The van der Waals surface area contributed by atoms with E-state index in [1.165, 1.54) is 17.1 Å². The Hall–Kier alpha value is -2.05. The van der Waals surface area contributed by atoms with Crippen LogP contribution in [0.4, 0.5) is 5.69 Å². The van der Waals surface area contributed by atoms with Gasteiger partial charge in [-0.2, -0.15) is 5.10 Å². The van der Waals surface area contributed by atoms with Crippen LogP contribution < -0.4 is 5.73 Å². The fourth-order valence-electron chi connectivity index (χ4n) is 1.41. The van der Waals surface area contributed by atoms with Gasteiger partial charge in [-0.25, -0.2) is 9.75 Å². The predicted octanol–water partition coefficient (Wildman–Crippen LogP) is 1.79. The fraction of sp³-hybridized carbons (Fsp3) is 0.0909. The van der Waals surface area contributed by atoms with Crippen LogP contribution in [0.3, 0.4) is 0 Å². The second-order valence-corrected chi connectivity index (χ2v) is 4.16. The first-order valence-electron chi connectivity index (χ1n) is 5.16. The molecule has 1 aromatic carbocycles. The summed E-state index contributed by atoms with van der Waals surface area (Å²) in [7, 11) is 0. The summed E-state index contributed by atoms with van der Waals surface area (Å²) in [6.07, 6.45) is 2.86. The zero-order valence-electron chi connectivity index (χ0n) is 9.42. The van der Waals surface area contributed by atoms with E-state index in [2.05, 4.69) is 5.10 Å². The predicted molar refractivity (Wildman–Crippen MR) is 68.5 cm³/mol. The van der Waals surface area contributed by atoms with Crippen LogP contribution in [0.25, 0.3) is 0 Å². The number of anilines is 1. The topological polar surface area (TPSA) is 91.2 Å². The second-order valence-electron chi connectivity index (χ2n) is 3.73. The Kier molecular flexibility index (Phi) is 3.50. The minimum absolute atomic E-state index is 0.162. The molecular weight excluding hydrogens is 254 g/mol. The number of nitrogens with one attached hydrogen (secondary N) is 1. The quantitative estimate of drug-likeness (QED) is 0.439. The van der Waals surface area contributed by atoms with Crippen molar-refractivity contribution in [2.45, 2.75) is 6.54 Å². The van der Waals surface area contributed by atoms with E-state index in [1.54, 1.807) is 24.3 Å². The Bertz CT molecular complexity index is 551. The third kappa shape index (κ3) is 2.79. The summed E-state index contributed by atoms with van der Waals surface area (Å²) in [4.78, 5) is 0. The maximum absolute atomic E-state index is 9.78. The third-order valence-corrected chi connectivity index (χ3v) is 2.56. The molecular formula is C11H12ClN5O. The van der Waals surface area contributed by atoms with Crippen molar-refractivity contribution >= 4 is 23.2 Å². The molecule has 4 N–H and O–H groups in total. The summed E-state index contributed by atoms with van der Waals surface area (Å²) in [6.45, 7) is 0.162. The lowest BCUT2D eigenvalue weighted by molar-refractivity contribution is -0.0283. The molecule has 0 aliphatic carbocycles. The molecule has 0 unspecified atom stereocenters. The van der Waals surface area contributed by atoms with E-state index >= 15 is 0 Å². The molecule has 6 nitrogen and oxygen atoms in total. The van der Waals surface area contributed by atoms with Gasteiger partial charge in [0, 0.05) is 5.02 Å². The van der Waals surface area contributed by atoms with E-state index < -0.39 is 0 Å². The minimum atomic E-state index is -0.179. The smallest absolute Gasteiger partial charge is 0.243 e. The maximum Gasteiger partial charge on any atom is 0.243 e. The summed E-state index contributed by atoms with van der Waals surface area (Å²) < 4.78 is 1.19. The average Bonchev–Trinajstić information content (AvgIpc) is 2.78. The van der Waals surface area contributed by atoms with Crippen LogP contribution in [0.5, 0.6) is 0 Å². The van der Waals surface area contributed by atoms with Crippen molar-refractivity contribution < 1.29 is 5.21 Å². The van der Waals surface area contributed by atoms with Crippen molar-refractivity contribution in [2.75, 3.05) is 5.73 Å². The molecule has 0 aliphatic heterocycles. The Balaban J connectivity index is 2.05. The SMILES string of the molecule is N=C(N(O)Cc1ccc(Cl)cc1)n1cc(N)cn1. The molecule has 2 aromatic rings. The summed E-state index contributed by atoms with van der Waals surface area (Å²) in [5, 5.41) is 22.7. The first kappa shape index (κ1) is 12.4. The molecule has 0 saturated heterocycles. The zero-order valence-corrected chi connectivity index (χ0v) is 10.2. The molecule has 94 valence electrons. The molecule has 0 amide bonds. The highest BCUT2D eigenvalue weighted by molar-refractivity contribution is 6.30. The molecule has 0 fully saturated rings. The number of hydrogen-bond donors (Lipinski definition) is 3. The normalized spacial score (nSPS) is 10.3. The lowest BCUT2D eigenvalue weighted by atomic mass is 10.2. The zero-order chi connectivity index (χ0) is 13.1. The molecule has 2 rings (SSSR count). The number of nitrogens with zero attached hydrogens (tertiary/aromatic N) is 3. The van der Waals surface area contributed by atoms with Crippen LogP contribution in [0.2, 0.25) is 5.02 Å². The Morgan fingerprint density at radius 3 is 2.67 bits per heavy atom. The van der Waals surface area contributed by atoms with Crippen LogP contribution in [-0.2, 0) is 6.54 Å². The number of nitrogen functional groups attached to an aromatic ring is 1. The Morgan fingerprint density at radius 2 is 2.11 bits per heavy atom. The van der Waals surface area contributed by atoms with Gasteiger partial charge in [0.15, 0.2) is 0 Å². The number of rotatable bonds is 2. The van der Waals surface area contributed by atoms with E-state index in [0.717, 1.165) is 10.6 Å². The standard InChI is InChI=1S/C11H12ClN5O/c12-9-3-1-8(2-4-9)6-17(18)11(14)16-7-10(13)5-15-16/h1-5,7,14,18H,6,13H2. The van der Waals surface area contributed by atoms with Crippen molar-refractivity contribution in [2.24, 2.45) is 0 Å². The van der Waals surface area contributed by atoms with Crippen molar-refractivity contribution in [3.8, 4) is 0 Å². The summed E-state index contributed by atoms with van der Waals surface area (Å²) >= 11 is 5.76. The molecule has 0 radical (unpaired) electrons. The second kappa shape index (κ2) is 5.07. The van der Waals surface area contributed by atoms with E-state index in [0.29, 0.717) is 10.7 Å². The van der Waals surface area contributed by atoms with Gasteiger partial charge in [-0.1, -0.05) is 23.7 Å². The van der Waals surface area contributed by atoms with Gasteiger partial charge in [0.05, 0.1) is 24.6 Å². The molecule has 1 heterocycles. The molecule has 7 heteroatoms. The molecule has 0 saturated carbocycles. The van der Waals surface area contributed by atoms with Crippen LogP contribution in [0.15, 0.2) is 36.7 Å². The molecule has 0 atom stereocenters. The first-order chi connectivity index (χ1) is 8.56. The van der Waals surface area contributed by atoms with Gasteiger partial charge in [0.1, 0.15) is 0 Å². The minimum Gasteiger partial charge on any atom is -0.396 e. The van der Waals surface area contributed by atoms with Gasteiger partial charge in [-0.15, -0.1) is 0 Å². The highest BCUT2D eigenvalue weighted by Crippen LogP contribution is 2.11. The van der Waals surface area contributed by atoms with Crippen molar-refractivity contribution in [3.05, 3.63) is 47.2 Å². The Morgan fingerprint density at radius 1 is 1.44 bits per heavy atom. The van der Waals surface area contributed by atoms with Crippen molar-refractivity contribution in [1.29, 1.82) is 5.41 Å². The summed E-state index contributed by atoms with van der Waals surface area (Å²) in [6, 6.07) is 6.99. The van der Waals surface area contributed by atoms with Crippen LogP contribution in [-0.4, -0.2) is 26.0 Å². The average molecular weight is 266 g/mol. The molecule has 18 heavy (non-hydrogen) atoms. The number of benzene rings is 1. The molecule has 0 bridgehead atoms. The highest BCUT2D eigenvalue weighted by atomic mass is 35.5. The van der Waals surface area contributed by atoms with Gasteiger partial charge in [-0.3, -0.25) is 10.6 Å². The van der Waals surface area contributed by atoms with Gasteiger partial charge < -0.3 is 5.73 Å². The number of hydrogen-bond acceptors (Lipinski definition) is 4. The lowest BCUT2D eigenvalue weighted by Gasteiger charge is -2.17.